The van der Waals surface area contributed by atoms with Crippen LogP contribution in [-0.4, -0.2) is 33.0 Å². The Morgan fingerprint density at radius 2 is 1.88 bits per heavy atom. The fraction of sp³-hybridized carbons (Fsp3) is 0.100. The number of nitrogens with one attached hydrogen (secondary N) is 1. The summed E-state index contributed by atoms with van der Waals surface area (Å²) in [5.41, 5.74) is 3.99. The summed E-state index contributed by atoms with van der Waals surface area (Å²) >= 11 is 10.2. The topological polar surface area (TPSA) is 110 Å². The first-order valence-corrected chi connectivity index (χ1v) is 12.2. The van der Waals surface area contributed by atoms with E-state index in [0.717, 1.165) is 15.7 Å². The predicted octanol–water partition coefficient (Wildman–Crippen LogP) is 5.30. The lowest BCUT2D eigenvalue weighted by atomic mass is 10.2. The van der Waals surface area contributed by atoms with Gasteiger partial charge in [-0.05, 0) is 35.9 Å². The Morgan fingerprint density at radius 3 is 2.62 bits per heavy atom. The molecule has 0 fully saturated rings. The molecule has 1 amide bonds. The van der Waals surface area contributed by atoms with Crippen LogP contribution in [0.25, 0.3) is 6.08 Å². The van der Waals surface area contributed by atoms with Crippen LogP contribution in [0.3, 0.4) is 0 Å². The Morgan fingerprint density at radius 1 is 1.16 bits per heavy atom. The minimum Gasteiger partial charge on any atom is -0.272 e. The van der Waals surface area contributed by atoms with Crippen LogP contribution in [0.15, 0.2) is 68.4 Å². The van der Waals surface area contributed by atoms with Gasteiger partial charge in [0.15, 0.2) is 8.68 Å². The molecule has 0 saturated carbocycles. The fourth-order valence-corrected chi connectivity index (χ4v) is 5.19. The number of aromatic nitrogens is 2. The molecule has 12 heteroatoms. The molecule has 0 saturated heterocycles. The normalized spacial score (nSPS) is 11.3. The molecule has 32 heavy (non-hydrogen) atoms. The van der Waals surface area contributed by atoms with E-state index in [1.54, 1.807) is 36.0 Å². The number of benzene rings is 2. The van der Waals surface area contributed by atoms with E-state index in [9.17, 15) is 14.9 Å². The standard InChI is InChI=1S/C20H16ClN5O3S3/c21-16-9-7-14(8-10-16)12-30-19-24-25-20(32-19)31-13-18(27)23-22-11-3-5-15-4-1-2-6-17(15)26(28)29/h1-11H,12-13H2,(H,23,27). The van der Waals surface area contributed by atoms with Gasteiger partial charge in [0.2, 0.25) is 0 Å². The highest BCUT2D eigenvalue weighted by molar-refractivity contribution is 8.03. The number of nitro groups is 1. The minimum atomic E-state index is -0.453. The van der Waals surface area contributed by atoms with Gasteiger partial charge in [-0.15, -0.1) is 10.2 Å². The summed E-state index contributed by atoms with van der Waals surface area (Å²) in [5.74, 6) is 0.600. The molecule has 0 spiro atoms. The summed E-state index contributed by atoms with van der Waals surface area (Å²) in [7, 11) is 0. The molecule has 0 radical (unpaired) electrons. The number of carbonyl (C=O) groups excluding carboxylic acids is 1. The third-order valence-electron chi connectivity index (χ3n) is 3.75. The van der Waals surface area contributed by atoms with Crippen LogP contribution >= 0.6 is 46.5 Å². The molecule has 1 heterocycles. The zero-order valence-corrected chi connectivity index (χ0v) is 19.6. The summed E-state index contributed by atoms with van der Waals surface area (Å²) in [6, 6.07) is 14.0. The first-order chi connectivity index (χ1) is 15.5. The molecule has 164 valence electrons. The monoisotopic (exact) mass is 505 g/mol. The molecular formula is C20H16ClN5O3S3. The van der Waals surface area contributed by atoms with Crippen molar-refractivity contribution in [3.05, 3.63) is 80.9 Å². The Labute approximate surface area is 201 Å². The highest BCUT2D eigenvalue weighted by Crippen LogP contribution is 2.30. The maximum absolute atomic E-state index is 11.9. The Bertz CT molecular complexity index is 1140. The minimum absolute atomic E-state index is 0.000316. The van der Waals surface area contributed by atoms with E-state index in [-0.39, 0.29) is 17.3 Å². The van der Waals surface area contributed by atoms with Gasteiger partial charge in [-0.25, -0.2) is 5.43 Å². The van der Waals surface area contributed by atoms with Gasteiger partial charge in [0.1, 0.15) is 0 Å². The first-order valence-electron chi connectivity index (χ1n) is 9.07. The van der Waals surface area contributed by atoms with Crippen molar-refractivity contribution < 1.29 is 9.72 Å². The molecule has 0 aliphatic heterocycles. The molecule has 0 aliphatic carbocycles. The van der Waals surface area contributed by atoms with E-state index >= 15 is 0 Å². The van der Waals surface area contributed by atoms with Crippen molar-refractivity contribution in [2.45, 2.75) is 14.4 Å². The molecule has 1 aromatic heterocycles. The number of rotatable bonds is 10. The van der Waals surface area contributed by atoms with Crippen LogP contribution in [0, 0.1) is 10.1 Å². The van der Waals surface area contributed by atoms with Gasteiger partial charge in [0.25, 0.3) is 11.6 Å². The molecule has 8 nitrogen and oxygen atoms in total. The molecule has 0 unspecified atom stereocenters. The number of carbonyl (C=O) groups is 1. The van der Waals surface area contributed by atoms with Crippen molar-refractivity contribution in [2.75, 3.05) is 5.75 Å². The van der Waals surface area contributed by atoms with Crippen LogP contribution < -0.4 is 5.43 Å². The zero-order chi connectivity index (χ0) is 22.8. The van der Waals surface area contributed by atoms with Gasteiger partial charge < -0.3 is 0 Å². The molecule has 0 aliphatic rings. The van der Waals surface area contributed by atoms with Crippen molar-refractivity contribution >= 4 is 70.3 Å². The SMILES string of the molecule is O=C(CSc1nnc(SCc2ccc(Cl)cc2)s1)NN=CC=Cc1ccccc1[N+](=O)[O-]. The van der Waals surface area contributed by atoms with Gasteiger partial charge in [0.05, 0.1) is 16.2 Å². The van der Waals surface area contributed by atoms with Crippen LogP contribution in [0.2, 0.25) is 5.02 Å². The van der Waals surface area contributed by atoms with Crippen LogP contribution in [0.1, 0.15) is 11.1 Å². The smallest absolute Gasteiger partial charge is 0.272 e. The van der Waals surface area contributed by atoms with Gasteiger partial charge >= 0.3 is 0 Å². The van der Waals surface area contributed by atoms with E-state index in [0.29, 0.717) is 14.9 Å². The maximum atomic E-state index is 11.9. The number of allylic oxidation sites excluding steroid dienone is 1. The number of hydrogen-bond acceptors (Lipinski definition) is 9. The van der Waals surface area contributed by atoms with E-state index in [4.69, 9.17) is 11.6 Å². The number of hydrazone groups is 1. The van der Waals surface area contributed by atoms with Gasteiger partial charge in [-0.3, -0.25) is 14.9 Å². The second-order valence-corrected chi connectivity index (χ2v) is 9.88. The third-order valence-corrected chi connectivity index (χ3v) is 7.26. The third kappa shape index (κ3) is 7.75. The van der Waals surface area contributed by atoms with Gasteiger partial charge in [-0.1, -0.05) is 70.7 Å². The van der Waals surface area contributed by atoms with Crippen molar-refractivity contribution in [2.24, 2.45) is 5.10 Å². The molecule has 0 bridgehead atoms. The first kappa shape index (κ1) is 23.9. The number of para-hydroxylation sites is 1. The quantitative estimate of drug-likeness (QED) is 0.172. The summed E-state index contributed by atoms with van der Waals surface area (Å²) < 4.78 is 1.51. The zero-order valence-electron chi connectivity index (χ0n) is 16.4. The van der Waals surface area contributed by atoms with Crippen LogP contribution in [0.5, 0.6) is 0 Å². The van der Waals surface area contributed by atoms with E-state index in [1.807, 2.05) is 24.3 Å². The number of thioether (sulfide) groups is 2. The molecular weight excluding hydrogens is 490 g/mol. The summed E-state index contributed by atoms with van der Waals surface area (Å²) in [6.07, 6.45) is 4.42. The van der Waals surface area contributed by atoms with Crippen molar-refractivity contribution in [3.63, 3.8) is 0 Å². The largest absolute Gasteiger partial charge is 0.276 e. The summed E-state index contributed by atoms with van der Waals surface area (Å²) in [4.78, 5) is 22.4. The second kappa shape index (κ2) is 12.3. The van der Waals surface area contributed by atoms with Gasteiger partial charge in [-0.2, -0.15) is 5.10 Å². The van der Waals surface area contributed by atoms with Gasteiger partial charge in [0, 0.05) is 23.1 Å². The molecule has 2 aromatic carbocycles. The molecule has 3 aromatic rings. The fourth-order valence-electron chi connectivity index (χ4n) is 2.29. The molecule has 3 rings (SSSR count). The Kier molecular flexibility index (Phi) is 9.23. The number of amides is 1. The molecule has 0 atom stereocenters. The predicted molar refractivity (Wildman–Crippen MR) is 130 cm³/mol. The van der Waals surface area contributed by atoms with E-state index in [1.165, 1.54) is 41.5 Å². The number of nitrogens with zero attached hydrogens (tertiary/aromatic N) is 4. The summed E-state index contributed by atoms with van der Waals surface area (Å²) in [6.45, 7) is 0. The lowest BCUT2D eigenvalue weighted by Crippen LogP contribution is -2.19. The van der Waals surface area contributed by atoms with Crippen molar-refractivity contribution in [1.82, 2.24) is 15.6 Å². The second-order valence-electron chi connectivity index (χ2n) is 6.03. The van der Waals surface area contributed by atoms with E-state index in [2.05, 4.69) is 20.7 Å². The lowest BCUT2D eigenvalue weighted by molar-refractivity contribution is -0.385. The highest BCUT2D eigenvalue weighted by atomic mass is 35.5. The van der Waals surface area contributed by atoms with Crippen molar-refractivity contribution in [1.29, 1.82) is 0 Å². The maximum Gasteiger partial charge on any atom is 0.276 e. The highest BCUT2D eigenvalue weighted by Gasteiger charge is 2.10. The Balaban J connectivity index is 1.39. The van der Waals surface area contributed by atoms with Crippen LogP contribution in [0.4, 0.5) is 5.69 Å². The van der Waals surface area contributed by atoms with E-state index < -0.39 is 4.92 Å². The van der Waals surface area contributed by atoms with Crippen LogP contribution in [-0.2, 0) is 10.5 Å². The van der Waals surface area contributed by atoms with Crippen molar-refractivity contribution in [3.8, 4) is 0 Å². The Hall–Kier alpha value is -2.73. The average molecular weight is 506 g/mol. The molecule has 1 N–H and O–H groups in total. The summed E-state index contributed by atoms with van der Waals surface area (Å²) in [5, 5.41) is 23.7. The lowest BCUT2D eigenvalue weighted by Gasteiger charge is -1.98. The number of nitro benzene ring substituents is 1. The average Bonchev–Trinajstić information content (AvgIpc) is 3.25. The number of halogens is 1. The number of hydrogen-bond donors (Lipinski definition) is 1.